The minimum atomic E-state index is -0.925. The van der Waals surface area contributed by atoms with E-state index in [-0.39, 0.29) is 29.0 Å². The van der Waals surface area contributed by atoms with E-state index in [1.54, 1.807) is 12.1 Å². The molecular weight excluding hydrogens is 307 g/mol. The van der Waals surface area contributed by atoms with Crippen LogP contribution in [0.15, 0.2) is 18.2 Å². The molecule has 0 saturated heterocycles. The normalized spacial score (nSPS) is 13.7. The number of carbonyl (C=O) groups excluding carboxylic acids is 1. The third-order valence-corrected chi connectivity index (χ3v) is 4.52. The number of rotatable bonds is 7. The highest BCUT2D eigenvalue weighted by atomic mass is 28.3. The Kier molecular flexibility index (Phi) is 7.15. The summed E-state index contributed by atoms with van der Waals surface area (Å²) in [6, 6.07) is 4.86. The number of aryl methyl sites for hydroxylation is 1. The minimum absolute atomic E-state index is 0.0367. The molecule has 0 amide bonds. The van der Waals surface area contributed by atoms with Crippen LogP contribution in [0.4, 0.5) is 4.39 Å². The molecule has 0 spiro atoms. The van der Waals surface area contributed by atoms with Crippen LogP contribution >= 0.6 is 0 Å². The SMILES string of the molecule is CC(C)C(=O)CCc1ccc(F)cc1C(O[Si](C)C)C(C)(C)C. The lowest BCUT2D eigenvalue weighted by Crippen LogP contribution is -2.27. The zero-order chi connectivity index (χ0) is 17.8. The number of hydrogen-bond donors (Lipinski definition) is 0. The zero-order valence-corrected chi connectivity index (χ0v) is 16.5. The van der Waals surface area contributed by atoms with Crippen LogP contribution in [0.1, 0.15) is 58.3 Å². The highest BCUT2D eigenvalue weighted by molar-refractivity contribution is 6.48. The predicted molar refractivity (Wildman–Crippen MR) is 95.3 cm³/mol. The van der Waals surface area contributed by atoms with Gasteiger partial charge in [0.05, 0.1) is 6.10 Å². The molecule has 0 aliphatic rings. The van der Waals surface area contributed by atoms with Gasteiger partial charge < -0.3 is 4.43 Å². The summed E-state index contributed by atoms with van der Waals surface area (Å²) in [4.78, 5) is 11.9. The molecule has 1 aromatic rings. The van der Waals surface area contributed by atoms with E-state index in [2.05, 4.69) is 33.9 Å². The largest absolute Gasteiger partial charge is 0.410 e. The van der Waals surface area contributed by atoms with Crippen molar-refractivity contribution in [3.05, 3.63) is 35.1 Å². The third-order valence-electron chi connectivity index (χ3n) is 3.82. The maximum absolute atomic E-state index is 13.8. The molecule has 1 radical (unpaired) electrons. The Hall–Kier alpha value is -1.00. The molecule has 2 nitrogen and oxygen atoms in total. The van der Waals surface area contributed by atoms with Crippen molar-refractivity contribution in [2.75, 3.05) is 0 Å². The van der Waals surface area contributed by atoms with Gasteiger partial charge in [-0.25, -0.2) is 4.39 Å². The molecular formula is C19H30FO2Si. The van der Waals surface area contributed by atoms with E-state index in [1.165, 1.54) is 6.07 Å². The fourth-order valence-electron chi connectivity index (χ4n) is 2.53. The molecule has 1 unspecified atom stereocenters. The quantitative estimate of drug-likeness (QED) is 0.628. The van der Waals surface area contributed by atoms with Gasteiger partial charge in [-0.05, 0) is 48.2 Å². The van der Waals surface area contributed by atoms with Crippen molar-refractivity contribution in [1.29, 1.82) is 0 Å². The first kappa shape index (κ1) is 20.0. The van der Waals surface area contributed by atoms with Crippen molar-refractivity contribution in [2.45, 2.75) is 66.7 Å². The monoisotopic (exact) mass is 337 g/mol. The Morgan fingerprint density at radius 1 is 1.26 bits per heavy atom. The highest BCUT2D eigenvalue weighted by Crippen LogP contribution is 2.38. The van der Waals surface area contributed by atoms with Crippen molar-refractivity contribution >= 4 is 14.8 Å². The van der Waals surface area contributed by atoms with Gasteiger partial charge in [0.25, 0.3) is 0 Å². The van der Waals surface area contributed by atoms with Gasteiger partial charge >= 0.3 is 0 Å². The van der Waals surface area contributed by atoms with Crippen LogP contribution in [0.3, 0.4) is 0 Å². The van der Waals surface area contributed by atoms with E-state index in [0.717, 1.165) is 11.1 Å². The Labute approximate surface area is 142 Å². The second-order valence-corrected chi connectivity index (χ2v) is 9.79. The third kappa shape index (κ3) is 6.19. The Morgan fingerprint density at radius 3 is 2.35 bits per heavy atom. The molecule has 1 rings (SSSR count). The van der Waals surface area contributed by atoms with E-state index in [4.69, 9.17) is 4.43 Å². The molecule has 0 aliphatic heterocycles. The lowest BCUT2D eigenvalue weighted by molar-refractivity contribution is -0.121. The fourth-order valence-corrected chi connectivity index (χ4v) is 3.48. The summed E-state index contributed by atoms with van der Waals surface area (Å²) in [6.45, 7) is 14.3. The van der Waals surface area contributed by atoms with Crippen LogP contribution in [-0.2, 0) is 15.6 Å². The average molecular weight is 338 g/mol. The highest BCUT2D eigenvalue weighted by Gasteiger charge is 2.30. The molecule has 1 atom stereocenters. The summed E-state index contributed by atoms with van der Waals surface area (Å²) in [7, 11) is -0.925. The van der Waals surface area contributed by atoms with Gasteiger partial charge in [-0.3, -0.25) is 4.79 Å². The Balaban J connectivity index is 3.15. The van der Waals surface area contributed by atoms with Crippen LogP contribution in [0, 0.1) is 17.2 Å². The van der Waals surface area contributed by atoms with E-state index in [0.29, 0.717) is 12.8 Å². The molecule has 1 aromatic carbocycles. The van der Waals surface area contributed by atoms with Gasteiger partial charge in [-0.2, -0.15) is 0 Å². The number of hydrogen-bond acceptors (Lipinski definition) is 2. The second kappa shape index (κ2) is 8.20. The van der Waals surface area contributed by atoms with Crippen LogP contribution in [0.5, 0.6) is 0 Å². The predicted octanol–water partition coefficient (Wildman–Crippen LogP) is 5.34. The smallest absolute Gasteiger partial charge is 0.205 e. The molecule has 0 heterocycles. The first-order chi connectivity index (χ1) is 10.5. The van der Waals surface area contributed by atoms with Crippen molar-refractivity contribution in [1.82, 2.24) is 0 Å². The fraction of sp³-hybridized carbons (Fsp3) is 0.632. The van der Waals surface area contributed by atoms with E-state index < -0.39 is 9.04 Å². The van der Waals surface area contributed by atoms with Crippen molar-refractivity contribution in [3.8, 4) is 0 Å². The van der Waals surface area contributed by atoms with Crippen molar-refractivity contribution < 1.29 is 13.6 Å². The molecule has 4 heteroatoms. The number of benzene rings is 1. The average Bonchev–Trinajstić information content (AvgIpc) is 2.41. The lowest BCUT2D eigenvalue weighted by atomic mass is 9.82. The summed E-state index contributed by atoms with van der Waals surface area (Å²) >= 11 is 0. The Morgan fingerprint density at radius 2 is 1.87 bits per heavy atom. The topological polar surface area (TPSA) is 26.3 Å². The first-order valence-electron chi connectivity index (χ1n) is 8.30. The van der Waals surface area contributed by atoms with Crippen LogP contribution in [0.2, 0.25) is 13.1 Å². The van der Waals surface area contributed by atoms with Gasteiger partial charge in [-0.1, -0.05) is 40.7 Å². The first-order valence-corrected chi connectivity index (χ1v) is 10.7. The van der Waals surface area contributed by atoms with E-state index in [1.807, 2.05) is 13.8 Å². The summed E-state index contributed by atoms with van der Waals surface area (Å²) in [5, 5.41) is 0. The standard InChI is InChI=1S/C19H30FO2Si/c1-13(2)17(21)11-9-14-8-10-15(20)12-16(14)18(19(3,4)5)22-23(6)7/h8,10,12-13,18H,9,11H2,1-7H3. The maximum atomic E-state index is 13.8. The van der Waals surface area contributed by atoms with Gasteiger partial charge in [0.2, 0.25) is 9.04 Å². The molecule has 0 aromatic heterocycles. The molecule has 0 fully saturated rings. The van der Waals surface area contributed by atoms with E-state index >= 15 is 0 Å². The number of Topliss-reactive ketones (excluding diaryl/α,β-unsaturated/α-hetero) is 1. The number of carbonyl (C=O) groups is 1. The summed E-state index contributed by atoms with van der Waals surface area (Å²) in [5.74, 6) is 0.0247. The van der Waals surface area contributed by atoms with E-state index in [9.17, 15) is 9.18 Å². The number of ketones is 1. The summed E-state index contributed by atoms with van der Waals surface area (Å²) < 4.78 is 20.0. The summed E-state index contributed by atoms with van der Waals surface area (Å²) in [6.07, 6.45) is 0.965. The van der Waals surface area contributed by atoms with Gasteiger partial charge in [-0.15, -0.1) is 0 Å². The van der Waals surface area contributed by atoms with Crippen molar-refractivity contribution in [2.24, 2.45) is 11.3 Å². The van der Waals surface area contributed by atoms with Crippen LogP contribution in [0.25, 0.3) is 0 Å². The number of halogens is 1. The maximum Gasteiger partial charge on any atom is 0.205 e. The lowest BCUT2D eigenvalue weighted by Gasteiger charge is -2.34. The molecule has 129 valence electrons. The molecule has 0 saturated carbocycles. The zero-order valence-electron chi connectivity index (χ0n) is 15.5. The van der Waals surface area contributed by atoms with Crippen molar-refractivity contribution in [3.63, 3.8) is 0 Å². The molecule has 0 aliphatic carbocycles. The van der Waals surface area contributed by atoms with Crippen LogP contribution < -0.4 is 0 Å². The molecule has 0 bridgehead atoms. The molecule has 0 N–H and O–H groups in total. The molecule has 23 heavy (non-hydrogen) atoms. The minimum Gasteiger partial charge on any atom is -0.410 e. The van der Waals surface area contributed by atoms with Gasteiger partial charge in [0, 0.05) is 12.3 Å². The van der Waals surface area contributed by atoms with Gasteiger partial charge in [0.15, 0.2) is 0 Å². The Bertz CT molecular complexity index is 533. The summed E-state index contributed by atoms with van der Waals surface area (Å²) in [5.41, 5.74) is 1.77. The van der Waals surface area contributed by atoms with Gasteiger partial charge in [0.1, 0.15) is 11.6 Å². The van der Waals surface area contributed by atoms with Crippen LogP contribution in [-0.4, -0.2) is 14.8 Å². The second-order valence-electron chi connectivity index (χ2n) is 7.74.